The molecule has 1 aliphatic heterocycles. The standard InChI is InChI=1S/C20H31NO5/c1-14-7-5-4-6-8-15-11-16(26-20(24)13-21(2)3)12-17(15)18(22)9-10-19(23)25-14/h6,8-10,14-18,22H,4-5,7,11-13H2,1-3H3/b8-6-,10-9-/t14-,15+,16-,17-,18-/m0/s1. The lowest BCUT2D eigenvalue weighted by Gasteiger charge is -2.19. The zero-order valence-corrected chi connectivity index (χ0v) is 16.0. The number of ether oxygens (including phenoxy) is 2. The number of carbonyl (C=O) groups excluding carboxylic acids is 2. The summed E-state index contributed by atoms with van der Waals surface area (Å²) in [4.78, 5) is 25.5. The van der Waals surface area contributed by atoms with Gasteiger partial charge in [0.2, 0.25) is 0 Å². The Morgan fingerprint density at radius 1 is 1.35 bits per heavy atom. The van der Waals surface area contributed by atoms with E-state index < -0.39 is 12.1 Å². The van der Waals surface area contributed by atoms with Gasteiger partial charge in [0.1, 0.15) is 6.10 Å². The van der Waals surface area contributed by atoms with Crippen molar-refractivity contribution in [2.24, 2.45) is 11.8 Å². The third-order valence-electron chi connectivity index (χ3n) is 4.91. The molecule has 5 atom stereocenters. The SMILES string of the molecule is C[C@H]1CCC/C=C\[C@@H]2C[C@H](OC(=O)CN(C)C)C[C@@H]2[C@@H](O)/C=C\C(=O)O1. The molecule has 6 heteroatoms. The van der Waals surface area contributed by atoms with Crippen molar-refractivity contribution in [1.82, 2.24) is 4.90 Å². The van der Waals surface area contributed by atoms with Gasteiger partial charge in [0.15, 0.2) is 0 Å². The van der Waals surface area contributed by atoms with Crippen LogP contribution in [0.3, 0.4) is 0 Å². The maximum atomic E-state index is 11.9. The summed E-state index contributed by atoms with van der Waals surface area (Å²) in [6, 6.07) is 0. The Hall–Kier alpha value is -1.66. The van der Waals surface area contributed by atoms with Gasteiger partial charge in [-0.2, -0.15) is 0 Å². The Morgan fingerprint density at radius 2 is 2.12 bits per heavy atom. The van der Waals surface area contributed by atoms with Crippen molar-refractivity contribution in [2.45, 2.75) is 57.3 Å². The van der Waals surface area contributed by atoms with Crippen LogP contribution in [0, 0.1) is 11.8 Å². The second-order valence-electron chi connectivity index (χ2n) is 7.61. The fourth-order valence-corrected chi connectivity index (χ4v) is 3.66. The van der Waals surface area contributed by atoms with E-state index in [-0.39, 0.29) is 36.6 Å². The van der Waals surface area contributed by atoms with Crippen LogP contribution >= 0.6 is 0 Å². The van der Waals surface area contributed by atoms with Crippen molar-refractivity contribution in [2.75, 3.05) is 20.6 Å². The van der Waals surface area contributed by atoms with Crippen molar-refractivity contribution in [3.8, 4) is 0 Å². The van der Waals surface area contributed by atoms with E-state index in [1.54, 1.807) is 4.90 Å². The molecule has 2 rings (SSSR count). The van der Waals surface area contributed by atoms with Crippen molar-refractivity contribution in [3.05, 3.63) is 24.3 Å². The van der Waals surface area contributed by atoms with Gasteiger partial charge in [-0.3, -0.25) is 9.69 Å². The summed E-state index contributed by atoms with van der Waals surface area (Å²) in [5, 5.41) is 10.5. The minimum absolute atomic E-state index is 0.0781. The first-order chi connectivity index (χ1) is 12.3. The fraction of sp³-hybridized carbons (Fsp3) is 0.700. The molecule has 0 unspecified atom stereocenters. The zero-order valence-electron chi connectivity index (χ0n) is 16.0. The van der Waals surface area contributed by atoms with Gasteiger partial charge in [-0.15, -0.1) is 0 Å². The molecule has 6 nitrogen and oxygen atoms in total. The summed E-state index contributed by atoms with van der Waals surface area (Å²) in [5.41, 5.74) is 0. The minimum Gasteiger partial charge on any atom is -0.461 e. The number of likely N-dealkylation sites (N-methyl/N-ethyl adjacent to an activating group) is 1. The van der Waals surface area contributed by atoms with Gasteiger partial charge >= 0.3 is 11.9 Å². The van der Waals surface area contributed by atoms with E-state index in [4.69, 9.17) is 9.47 Å². The van der Waals surface area contributed by atoms with Gasteiger partial charge in [-0.1, -0.05) is 12.2 Å². The van der Waals surface area contributed by atoms with E-state index in [9.17, 15) is 14.7 Å². The summed E-state index contributed by atoms with van der Waals surface area (Å²) < 4.78 is 10.9. The topological polar surface area (TPSA) is 76.1 Å². The van der Waals surface area contributed by atoms with E-state index in [1.807, 2.05) is 21.0 Å². The first-order valence-electron chi connectivity index (χ1n) is 9.43. The second kappa shape index (κ2) is 9.88. The number of fused-ring (bicyclic) bond motifs is 1. The summed E-state index contributed by atoms with van der Waals surface area (Å²) >= 11 is 0. The molecule has 1 heterocycles. The average molecular weight is 365 g/mol. The van der Waals surface area contributed by atoms with Crippen LogP contribution in [-0.2, 0) is 19.1 Å². The number of hydrogen-bond donors (Lipinski definition) is 1. The van der Waals surface area contributed by atoms with Crippen LogP contribution in [0.1, 0.15) is 39.0 Å². The molecule has 0 amide bonds. The second-order valence-corrected chi connectivity index (χ2v) is 7.61. The molecule has 1 aliphatic carbocycles. The summed E-state index contributed by atoms with van der Waals surface area (Å²) in [6.07, 6.45) is 9.91. The number of allylic oxidation sites excluding steroid dienone is 2. The lowest BCUT2D eigenvalue weighted by atomic mass is 9.90. The van der Waals surface area contributed by atoms with E-state index in [2.05, 4.69) is 12.2 Å². The normalized spacial score (nSPS) is 35.4. The summed E-state index contributed by atoms with van der Waals surface area (Å²) in [6.45, 7) is 2.13. The summed E-state index contributed by atoms with van der Waals surface area (Å²) in [5.74, 6) is -0.626. The molecule has 0 bridgehead atoms. The monoisotopic (exact) mass is 365 g/mol. The van der Waals surface area contributed by atoms with Gasteiger partial charge in [-0.25, -0.2) is 4.79 Å². The number of hydrogen-bond acceptors (Lipinski definition) is 6. The maximum absolute atomic E-state index is 11.9. The highest BCUT2D eigenvalue weighted by Gasteiger charge is 2.38. The smallest absolute Gasteiger partial charge is 0.330 e. The molecule has 0 aromatic rings. The van der Waals surface area contributed by atoms with Crippen LogP contribution in [0.4, 0.5) is 0 Å². The molecule has 0 saturated heterocycles. The molecule has 0 aromatic heterocycles. The first-order valence-corrected chi connectivity index (χ1v) is 9.43. The van der Waals surface area contributed by atoms with E-state index >= 15 is 0 Å². The largest absolute Gasteiger partial charge is 0.461 e. The predicted molar refractivity (Wildman–Crippen MR) is 98.3 cm³/mol. The number of cyclic esters (lactones) is 1. The summed E-state index contributed by atoms with van der Waals surface area (Å²) in [7, 11) is 3.64. The van der Waals surface area contributed by atoms with Crippen LogP contribution in [0.2, 0.25) is 0 Å². The van der Waals surface area contributed by atoms with Crippen LogP contribution in [0.5, 0.6) is 0 Å². The number of nitrogens with zero attached hydrogens (tertiary/aromatic N) is 1. The highest BCUT2D eigenvalue weighted by atomic mass is 16.5. The number of esters is 2. The number of aliphatic hydroxyl groups is 1. The molecule has 0 aromatic carbocycles. The molecular weight excluding hydrogens is 334 g/mol. The van der Waals surface area contributed by atoms with Crippen LogP contribution < -0.4 is 0 Å². The van der Waals surface area contributed by atoms with E-state index in [0.29, 0.717) is 12.8 Å². The quantitative estimate of drug-likeness (QED) is 0.610. The van der Waals surface area contributed by atoms with Gasteiger partial charge in [0.05, 0.1) is 18.8 Å². The van der Waals surface area contributed by atoms with Gasteiger partial charge < -0.3 is 14.6 Å². The third-order valence-corrected chi connectivity index (χ3v) is 4.91. The van der Waals surface area contributed by atoms with Crippen molar-refractivity contribution < 1.29 is 24.2 Å². The zero-order chi connectivity index (χ0) is 19.1. The number of carbonyl (C=O) groups is 2. The molecule has 26 heavy (non-hydrogen) atoms. The predicted octanol–water partition coefficient (Wildman–Crippen LogP) is 2.07. The van der Waals surface area contributed by atoms with E-state index in [1.165, 1.54) is 12.2 Å². The van der Waals surface area contributed by atoms with Gasteiger partial charge in [0, 0.05) is 6.08 Å². The van der Waals surface area contributed by atoms with Crippen molar-refractivity contribution >= 4 is 11.9 Å². The van der Waals surface area contributed by atoms with Crippen molar-refractivity contribution in [1.29, 1.82) is 0 Å². The Bertz CT molecular complexity index is 542. The maximum Gasteiger partial charge on any atom is 0.330 e. The van der Waals surface area contributed by atoms with Gasteiger partial charge in [0.25, 0.3) is 0 Å². The molecular formula is C20H31NO5. The molecule has 1 saturated carbocycles. The number of aliphatic hydroxyl groups excluding tert-OH is 1. The Kier molecular flexibility index (Phi) is 7.85. The Balaban J connectivity index is 2.05. The first kappa shape index (κ1) is 20.6. The third kappa shape index (κ3) is 6.57. The fourth-order valence-electron chi connectivity index (χ4n) is 3.66. The van der Waals surface area contributed by atoms with Crippen LogP contribution in [-0.4, -0.2) is 60.9 Å². The lowest BCUT2D eigenvalue weighted by molar-refractivity contribution is -0.149. The highest BCUT2D eigenvalue weighted by molar-refractivity contribution is 5.82. The van der Waals surface area contributed by atoms with Crippen LogP contribution in [0.25, 0.3) is 0 Å². The molecule has 1 N–H and O–H groups in total. The highest BCUT2D eigenvalue weighted by Crippen LogP contribution is 2.38. The average Bonchev–Trinajstić information content (AvgIpc) is 2.93. The Morgan fingerprint density at radius 3 is 2.85 bits per heavy atom. The molecule has 1 fully saturated rings. The molecule has 2 aliphatic rings. The molecule has 146 valence electrons. The Labute approximate surface area is 155 Å². The van der Waals surface area contributed by atoms with Crippen molar-refractivity contribution in [3.63, 3.8) is 0 Å². The minimum atomic E-state index is -0.772. The lowest BCUT2D eigenvalue weighted by Crippen LogP contribution is -2.27. The number of rotatable bonds is 3. The van der Waals surface area contributed by atoms with E-state index in [0.717, 1.165) is 19.3 Å². The van der Waals surface area contributed by atoms with Gasteiger partial charge in [-0.05, 0) is 71.0 Å². The molecule has 0 radical (unpaired) electrons. The molecule has 0 spiro atoms. The van der Waals surface area contributed by atoms with Crippen LogP contribution in [0.15, 0.2) is 24.3 Å².